The van der Waals surface area contributed by atoms with Crippen LogP contribution in [0.2, 0.25) is 0 Å². The van der Waals surface area contributed by atoms with Crippen LogP contribution in [-0.4, -0.2) is 58.7 Å². The average Bonchev–Trinajstić information content (AvgIpc) is 3.78. The Hall–Kier alpha value is -3.19. The van der Waals surface area contributed by atoms with E-state index in [0.717, 1.165) is 41.2 Å². The highest BCUT2D eigenvalue weighted by Crippen LogP contribution is 2.32. The number of piperidine rings is 1. The fourth-order valence-corrected chi connectivity index (χ4v) is 5.09. The Kier molecular flexibility index (Phi) is 7.66. The van der Waals surface area contributed by atoms with Crippen LogP contribution in [0.1, 0.15) is 51.0 Å². The zero-order chi connectivity index (χ0) is 24.9. The number of methoxy groups -OCH3 is 1. The van der Waals surface area contributed by atoms with Crippen molar-refractivity contribution < 1.29 is 4.74 Å². The third kappa shape index (κ3) is 5.95. The van der Waals surface area contributed by atoms with E-state index in [2.05, 4.69) is 68.6 Å². The van der Waals surface area contributed by atoms with E-state index < -0.39 is 0 Å². The van der Waals surface area contributed by atoms with Crippen molar-refractivity contribution >= 4 is 11.6 Å². The Balaban J connectivity index is 1.15. The van der Waals surface area contributed by atoms with Crippen LogP contribution in [-0.2, 0) is 0 Å². The molecule has 0 radical (unpaired) electrons. The van der Waals surface area contributed by atoms with E-state index in [1.807, 2.05) is 24.4 Å². The number of pyridine rings is 1. The van der Waals surface area contributed by atoms with E-state index in [4.69, 9.17) is 4.74 Å². The van der Waals surface area contributed by atoms with Gasteiger partial charge in [-0.05, 0) is 61.3 Å². The molecule has 2 aromatic heterocycles. The molecule has 7 heteroatoms. The number of ether oxygens (including phenoxy) is 1. The minimum atomic E-state index is 0.347. The molecule has 0 bridgehead atoms. The molecule has 7 nitrogen and oxygen atoms in total. The molecule has 1 saturated heterocycles. The third-order valence-corrected chi connectivity index (χ3v) is 7.76. The lowest BCUT2D eigenvalue weighted by Crippen LogP contribution is -2.40. The van der Waals surface area contributed by atoms with Gasteiger partial charge in [0.25, 0.3) is 0 Å². The lowest BCUT2D eigenvalue weighted by Gasteiger charge is -2.32. The molecule has 2 aliphatic rings. The fraction of sp³-hybridized carbons (Fsp3) is 0.483. The van der Waals surface area contributed by atoms with Gasteiger partial charge in [-0.3, -0.25) is 0 Å². The third-order valence-electron chi connectivity index (χ3n) is 7.76. The van der Waals surface area contributed by atoms with Crippen LogP contribution in [0.5, 0.6) is 5.75 Å². The van der Waals surface area contributed by atoms with Crippen LogP contribution in [0.25, 0.3) is 11.3 Å². The summed E-state index contributed by atoms with van der Waals surface area (Å²) in [4.78, 5) is 16.2. The molecular formula is C29H38N6O. The van der Waals surface area contributed by atoms with Crippen LogP contribution in [0.15, 0.2) is 55.0 Å². The average molecular weight is 487 g/mol. The molecule has 2 fully saturated rings. The first-order valence-corrected chi connectivity index (χ1v) is 13.3. The molecule has 0 spiro atoms. The summed E-state index contributed by atoms with van der Waals surface area (Å²) in [5.41, 5.74) is 3.09. The molecule has 1 aliphatic heterocycles. The minimum absolute atomic E-state index is 0.347. The van der Waals surface area contributed by atoms with Gasteiger partial charge in [-0.2, -0.15) is 0 Å². The standard InChI is InChI=1S/C29H38N6O/c1-20(21(2)25-6-4-5-7-27(25)36-3)17-30-29-16-26(32-19-33-29)22-8-11-28(31-18-22)34-23-12-14-35(15-13-23)24-9-10-24/h4-8,11,16,18-21,23-24H,9-10,12-15,17H2,1-3H3,(H,31,34)(H,30,32,33). The van der Waals surface area contributed by atoms with E-state index in [9.17, 15) is 0 Å². The summed E-state index contributed by atoms with van der Waals surface area (Å²) < 4.78 is 5.56. The van der Waals surface area contributed by atoms with Gasteiger partial charge in [0.15, 0.2) is 0 Å². The van der Waals surface area contributed by atoms with Gasteiger partial charge in [-0.15, -0.1) is 0 Å². The second-order valence-corrected chi connectivity index (χ2v) is 10.3. The molecule has 2 unspecified atom stereocenters. The normalized spacial score (nSPS) is 18.4. The summed E-state index contributed by atoms with van der Waals surface area (Å²) in [6.45, 7) is 7.70. The van der Waals surface area contributed by atoms with Crippen molar-refractivity contribution in [1.82, 2.24) is 19.9 Å². The summed E-state index contributed by atoms with van der Waals surface area (Å²) in [5.74, 6) is 3.44. The van der Waals surface area contributed by atoms with E-state index in [0.29, 0.717) is 17.9 Å². The van der Waals surface area contributed by atoms with Gasteiger partial charge in [0, 0.05) is 49.5 Å². The first kappa shape index (κ1) is 24.5. The van der Waals surface area contributed by atoms with E-state index >= 15 is 0 Å². The van der Waals surface area contributed by atoms with Crippen molar-refractivity contribution in [3.05, 3.63) is 60.6 Å². The second-order valence-electron chi connectivity index (χ2n) is 10.3. The Morgan fingerprint density at radius 2 is 1.78 bits per heavy atom. The van der Waals surface area contributed by atoms with Crippen molar-refractivity contribution in [1.29, 1.82) is 0 Å². The molecule has 2 N–H and O–H groups in total. The van der Waals surface area contributed by atoms with E-state index in [1.165, 1.54) is 44.3 Å². The highest BCUT2D eigenvalue weighted by molar-refractivity contribution is 5.62. The number of anilines is 2. The maximum Gasteiger partial charge on any atom is 0.129 e. The molecule has 0 amide bonds. The van der Waals surface area contributed by atoms with Gasteiger partial charge in [-0.25, -0.2) is 15.0 Å². The zero-order valence-corrected chi connectivity index (χ0v) is 21.7. The molecule has 1 saturated carbocycles. The lowest BCUT2D eigenvalue weighted by atomic mass is 9.88. The smallest absolute Gasteiger partial charge is 0.129 e. The number of rotatable bonds is 10. The van der Waals surface area contributed by atoms with E-state index in [-0.39, 0.29) is 0 Å². The zero-order valence-electron chi connectivity index (χ0n) is 21.7. The number of para-hydroxylation sites is 1. The fourth-order valence-electron chi connectivity index (χ4n) is 5.09. The number of likely N-dealkylation sites (tertiary alicyclic amines) is 1. The van der Waals surface area contributed by atoms with Crippen LogP contribution >= 0.6 is 0 Å². The van der Waals surface area contributed by atoms with Gasteiger partial charge in [0.05, 0.1) is 12.8 Å². The van der Waals surface area contributed by atoms with Gasteiger partial charge in [0.1, 0.15) is 23.7 Å². The Labute approximate surface area is 214 Å². The van der Waals surface area contributed by atoms with Gasteiger partial charge < -0.3 is 20.3 Å². The molecule has 1 aromatic carbocycles. The van der Waals surface area contributed by atoms with Crippen LogP contribution in [0, 0.1) is 5.92 Å². The summed E-state index contributed by atoms with van der Waals surface area (Å²) in [6, 6.07) is 15.8. The predicted molar refractivity (Wildman–Crippen MR) is 146 cm³/mol. The number of nitrogens with one attached hydrogen (secondary N) is 2. The number of hydrogen-bond acceptors (Lipinski definition) is 7. The topological polar surface area (TPSA) is 75.2 Å². The Bertz CT molecular complexity index is 1120. The van der Waals surface area contributed by atoms with Crippen molar-refractivity contribution in [2.24, 2.45) is 5.92 Å². The van der Waals surface area contributed by atoms with Crippen molar-refractivity contribution in [3.8, 4) is 17.0 Å². The number of nitrogens with zero attached hydrogens (tertiary/aromatic N) is 4. The monoisotopic (exact) mass is 486 g/mol. The molecule has 2 atom stereocenters. The quantitative estimate of drug-likeness (QED) is 0.395. The molecular weight excluding hydrogens is 448 g/mol. The van der Waals surface area contributed by atoms with Crippen molar-refractivity contribution in [2.45, 2.75) is 57.5 Å². The SMILES string of the molecule is COc1ccccc1C(C)C(C)CNc1cc(-c2ccc(NC3CCN(C4CC4)CC3)nc2)ncn1. The molecule has 3 heterocycles. The second kappa shape index (κ2) is 11.2. The molecule has 1 aliphatic carbocycles. The summed E-state index contributed by atoms with van der Waals surface area (Å²) in [5, 5.41) is 7.12. The first-order valence-electron chi connectivity index (χ1n) is 13.3. The number of aromatic nitrogens is 3. The molecule has 3 aromatic rings. The molecule has 36 heavy (non-hydrogen) atoms. The van der Waals surface area contributed by atoms with E-state index in [1.54, 1.807) is 13.4 Å². The van der Waals surface area contributed by atoms with Crippen molar-refractivity contribution in [2.75, 3.05) is 37.4 Å². The van der Waals surface area contributed by atoms with Gasteiger partial charge >= 0.3 is 0 Å². The molecule has 5 rings (SSSR count). The highest BCUT2D eigenvalue weighted by Gasteiger charge is 2.31. The Morgan fingerprint density at radius 3 is 2.50 bits per heavy atom. The Morgan fingerprint density at radius 1 is 0.972 bits per heavy atom. The lowest BCUT2D eigenvalue weighted by molar-refractivity contribution is 0.210. The van der Waals surface area contributed by atoms with Crippen molar-refractivity contribution in [3.63, 3.8) is 0 Å². The first-order chi connectivity index (χ1) is 17.6. The summed E-state index contributed by atoms with van der Waals surface area (Å²) in [6.07, 6.45) is 8.68. The van der Waals surface area contributed by atoms with Crippen LogP contribution in [0.4, 0.5) is 11.6 Å². The molecule has 190 valence electrons. The maximum absolute atomic E-state index is 5.56. The van der Waals surface area contributed by atoms with Gasteiger partial charge in [0.2, 0.25) is 0 Å². The van der Waals surface area contributed by atoms with Crippen LogP contribution in [0.3, 0.4) is 0 Å². The number of benzene rings is 1. The largest absolute Gasteiger partial charge is 0.496 e. The minimum Gasteiger partial charge on any atom is -0.496 e. The maximum atomic E-state index is 5.56. The summed E-state index contributed by atoms with van der Waals surface area (Å²) in [7, 11) is 1.73. The van der Waals surface area contributed by atoms with Crippen LogP contribution < -0.4 is 15.4 Å². The number of hydrogen-bond donors (Lipinski definition) is 2. The highest BCUT2D eigenvalue weighted by atomic mass is 16.5. The summed E-state index contributed by atoms with van der Waals surface area (Å²) >= 11 is 0. The predicted octanol–water partition coefficient (Wildman–Crippen LogP) is 5.44. The van der Waals surface area contributed by atoms with Gasteiger partial charge in [-0.1, -0.05) is 32.0 Å².